The molecule has 22 heavy (non-hydrogen) atoms. The molecule has 0 spiro atoms. The van der Waals surface area contributed by atoms with E-state index in [1.54, 1.807) is 30.9 Å². The van der Waals surface area contributed by atoms with Gasteiger partial charge in [-0.25, -0.2) is 4.79 Å². The molecule has 2 aromatic rings. The van der Waals surface area contributed by atoms with E-state index in [0.29, 0.717) is 34.8 Å². The molecular formula is C15H20N4O3. The van der Waals surface area contributed by atoms with Gasteiger partial charge in [0.1, 0.15) is 5.69 Å². The molecule has 0 aliphatic carbocycles. The number of aromatic amines is 1. The lowest BCUT2D eigenvalue weighted by atomic mass is 10.0. The van der Waals surface area contributed by atoms with E-state index in [9.17, 15) is 9.59 Å². The Hall–Kier alpha value is -2.57. The minimum absolute atomic E-state index is 0.319. The van der Waals surface area contributed by atoms with Crippen LogP contribution in [0.3, 0.4) is 0 Å². The maximum Gasteiger partial charge on any atom is 0.339 e. The van der Waals surface area contributed by atoms with Crippen LogP contribution in [-0.2, 0) is 18.2 Å². The second-order valence-electron chi connectivity index (χ2n) is 5.05. The molecule has 2 heterocycles. The van der Waals surface area contributed by atoms with Crippen molar-refractivity contribution in [2.45, 2.75) is 26.7 Å². The number of carbonyl (C=O) groups is 2. The van der Waals surface area contributed by atoms with Crippen LogP contribution < -0.4 is 5.32 Å². The van der Waals surface area contributed by atoms with Crippen molar-refractivity contribution in [3.05, 3.63) is 34.8 Å². The number of aromatic nitrogens is 3. The third-order valence-corrected chi connectivity index (χ3v) is 3.36. The van der Waals surface area contributed by atoms with Crippen molar-refractivity contribution in [1.82, 2.24) is 14.8 Å². The number of H-pyrrole nitrogens is 1. The van der Waals surface area contributed by atoms with E-state index in [1.165, 1.54) is 7.11 Å². The van der Waals surface area contributed by atoms with Gasteiger partial charge in [-0.05, 0) is 18.9 Å². The highest BCUT2D eigenvalue weighted by molar-refractivity contribution is 6.06. The number of methoxy groups -OCH3 is 1. The van der Waals surface area contributed by atoms with Crippen molar-refractivity contribution >= 4 is 17.7 Å². The number of hydrogen-bond acceptors (Lipinski definition) is 4. The van der Waals surface area contributed by atoms with Crippen LogP contribution in [0.5, 0.6) is 0 Å². The van der Waals surface area contributed by atoms with Crippen LogP contribution in [0.25, 0.3) is 0 Å². The monoisotopic (exact) mass is 304 g/mol. The molecule has 1 amide bonds. The van der Waals surface area contributed by atoms with Crippen molar-refractivity contribution in [3.63, 3.8) is 0 Å². The molecule has 0 aliphatic heterocycles. The van der Waals surface area contributed by atoms with Gasteiger partial charge in [0.15, 0.2) is 5.82 Å². The van der Waals surface area contributed by atoms with Crippen molar-refractivity contribution in [2.24, 2.45) is 7.05 Å². The highest BCUT2D eigenvalue weighted by Gasteiger charge is 2.24. The topological polar surface area (TPSA) is 89.0 Å². The first-order valence-corrected chi connectivity index (χ1v) is 7.08. The first kappa shape index (κ1) is 15.8. The predicted molar refractivity (Wildman–Crippen MR) is 82.0 cm³/mol. The molecule has 118 valence electrons. The molecule has 2 N–H and O–H groups in total. The summed E-state index contributed by atoms with van der Waals surface area (Å²) in [4.78, 5) is 27.4. The van der Waals surface area contributed by atoms with Crippen molar-refractivity contribution in [2.75, 3.05) is 12.4 Å². The van der Waals surface area contributed by atoms with Gasteiger partial charge in [0, 0.05) is 25.0 Å². The highest BCUT2D eigenvalue weighted by atomic mass is 16.5. The smallest absolute Gasteiger partial charge is 0.339 e. The summed E-state index contributed by atoms with van der Waals surface area (Å²) >= 11 is 0. The minimum atomic E-state index is -0.436. The average Bonchev–Trinajstić information content (AvgIpc) is 3.02. The molecule has 0 aliphatic rings. The number of esters is 1. The Bertz CT molecular complexity index is 700. The number of aryl methyl sites for hydroxylation is 2. The molecule has 0 radical (unpaired) electrons. The van der Waals surface area contributed by atoms with E-state index in [1.807, 2.05) is 6.92 Å². The van der Waals surface area contributed by atoms with Gasteiger partial charge in [0.25, 0.3) is 5.91 Å². The average molecular weight is 304 g/mol. The maximum atomic E-state index is 12.5. The third kappa shape index (κ3) is 3.03. The summed E-state index contributed by atoms with van der Waals surface area (Å²) in [6.07, 6.45) is 3.16. The standard InChI is InChI=1S/C15H20N4O3/c1-5-6-10-12(15(21)22-4)9(2)16-13(10)14(20)17-11-7-8-19(3)18-11/h7-8,16H,5-6H2,1-4H3,(H,17,18,20). The predicted octanol–water partition coefficient (Wildman–Crippen LogP) is 2.05. The van der Waals surface area contributed by atoms with Crippen LogP contribution in [-0.4, -0.2) is 33.8 Å². The van der Waals surface area contributed by atoms with Crippen molar-refractivity contribution < 1.29 is 14.3 Å². The van der Waals surface area contributed by atoms with Crippen molar-refractivity contribution in [3.8, 4) is 0 Å². The Morgan fingerprint density at radius 1 is 1.45 bits per heavy atom. The number of rotatable bonds is 5. The van der Waals surface area contributed by atoms with Crippen LogP contribution in [0.1, 0.15) is 45.4 Å². The number of anilines is 1. The van der Waals surface area contributed by atoms with E-state index in [4.69, 9.17) is 4.74 Å². The fourth-order valence-corrected chi connectivity index (χ4v) is 2.41. The molecule has 0 saturated heterocycles. The number of carbonyl (C=O) groups excluding carboxylic acids is 2. The first-order chi connectivity index (χ1) is 10.5. The second-order valence-corrected chi connectivity index (χ2v) is 5.05. The van der Waals surface area contributed by atoms with E-state index >= 15 is 0 Å². The second kappa shape index (κ2) is 6.46. The number of hydrogen-bond donors (Lipinski definition) is 2. The molecule has 2 rings (SSSR count). The summed E-state index contributed by atoms with van der Waals surface area (Å²) < 4.78 is 6.41. The van der Waals surface area contributed by atoms with Gasteiger partial charge in [-0.1, -0.05) is 13.3 Å². The van der Waals surface area contributed by atoms with E-state index < -0.39 is 5.97 Å². The van der Waals surface area contributed by atoms with Gasteiger partial charge in [-0.15, -0.1) is 0 Å². The van der Waals surface area contributed by atoms with Crippen LogP contribution >= 0.6 is 0 Å². The fourth-order valence-electron chi connectivity index (χ4n) is 2.41. The lowest BCUT2D eigenvalue weighted by molar-refractivity contribution is 0.0599. The SMILES string of the molecule is CCCc1c(C(=O)Nc2ccn(C)n2)[nH]c(C)c1C(=O)OC. The lowest BCUT2D eigenvalue weighted by Crippen LogP contribution is -2.16. The summed E-state index contributed by atoms with van der Waals surface area (Å²) in [5, 5.41) is 6.83. The van der Waals surface area contributed by atoms with Gasteiger partial charge < -0.3 is 15.0 Å². The largest absolute Gasteiger partial charge is 0.465 e. The Balaban J connectivity index is 2.37. The van der Waals surface area contributed by atoms with Crippen LogP contribution in [0.4, 0.5) is 5.82 Å². The molecule has 0 unspecified atom stereocenters. The van der Waals surface area contributed by atoms with E-state index in [2.05, 4.69) is 15.4 Å². The summed E-state index contributed by atoms with van der Waals surface area (Å²) in [6.45, 7) is 3.74. The zero-order valence-corrected chi connectivity index (χ0v) is 13.2. The van der Waals surface area contributed by atoms with Crippen LogP contribution in [0.2, 0.25) is 0 Å². The molecule has 0 aromatic carbocycles. The number of ether oxygens (including phenoxy) is 1. The normalized spacial score (nSPS) is 10.5. The van der Waals surface area contributed by atoms with Crippen molar-refractivity contribution in [1.29, 1.82) is 0 Å². The molecule has 0 fully saturated rings. The summed E-state index contributed by atoms with van der Waals surface area (Å²) in [7, 11) is 3.10. The molecule has 2 aromatic heterocycles. The fraction of sp³-hybridized carbons (Fsp3) is 0.400. The van der Waals surface area contributed by atoms with E-state index in [-0.39, 0.29) is 5.91 Å². The lowest BCUT2D eigenvalue weighted by Gasteiger charge is -2.05. The Morgan fingerprint density at radius 3 is 2.73 bits per heavy atom. The molecule has 7 nitrogen and oxygen atoms in total. The molecule has 0 bridgehead atoms. The molecule has 0 atom stereocenters. The molecule has 0 saturated carbocycles. The maximum absolute atomic E-state index is 12.5. The number of amides is 1. The Labute approximate surface area is 128 Å². The summed E-state index contributed by atoms with van der Waals surface area (Å²) in [6, 6.07) is 1.70. The van der Waals surface area contributed by atoms with Gasteiger partial charge in [0.2, 0.25) is 0 Å². The third-order valence-electron chi connectivity index (χ3n) is 3.36. The van der Waals surface area contributed by atoms with Crippen LogP contribution in [0.15, 0.2) is 12.3 Å². The van der Waals surface area contributed by atoms with Crippen LogP contribution in [0, 0.1) is 6.92 Å². The highest BCUT2D eigenvalue weighted by Crippen LogP contribution is 2.22. The van der Waals surface area contributed by atoms with Gasteiger partial charge >= 0.3 is 5.97 Å². The Morgan fingerprint density at radius 2 is 2.18 bits per heavy atom. The number of nitrogens with one attached hydrogen (secondary N) is 2. The molecular weight excluding hydrogens is 284 g/mol. The molecule has 7 heteroatoms. The number of nitrogens with zero attached hydrogens (tertiary/aromatic N) is 2. The Kier molecular flexibility index (Phi) is 4.65. The minimum Gasteiger partial charge on any atom is -0.465 e. The van der Waals surface area contributed by atoms with Gasteiger partial charge in [-0.3, -0.25) is 9.48 Å². The quantitative estimate of drug-likeness (QED) is 0.827. The van der Waals surface area contributed by atoms with Gasteiger partial charge in [0.05, 0.1) is 12.7 Å². The van der Waals surface area contributed by atoms with E-state index in [0.717, 1.165) is 6.42 Å². The summed E-state index contributed by atoms with van der Waals surface area (Å²) in [5.41, 5.74) is 2.13. The van der Waals surface area contributed by atoms with Gasteiger partial charge in [-0.2, -0.15) is 5.10 Å². The first-order valence-electron chi connectivity index (χ1n) is 7.08. The zero-order valence-electron chi connectivity index (χ0n) is 13.2. The summed E-state index contributed by atoms with van der Waals surface area (Å²) in [5.74, 6) is -0.295. The zero-order chi connectivity index (χ0) is 16.3.